The summed E-state index contributed by atoms with van der Waals surface area (Å²) in [5.41, 5.74) is 0.874. The van der Waals surface area contributed by atoms with Crippen molar-refractivity contribution < 1.29 is 9.23 Å². The van der Waals surface area contributed by atoms with Gasteiger partial charge in [0.2, 0.25) is 5.95 Å². The molecule has 1 fully saturated rings. The van der Waals surface area contributed by atoms with Crippen LogP contribution in [0.2, 0.25) is 0 Å². The average Bonchev–Trinajstić information content (AvgIpc) is 2.60. The zero-order chi connectivity index (χ0) is 11.5. The van der Waals surface area contributed by atoms with E-state index in [1.807, 2.05) is 11.1 Å². The molecule has 2 heterocycles. The molecule has 1 aliphatic heterocycles. The maximum Gasteiger partial charge on any atom is 0.213 e. The van der Waals surface area contributed by atoms with Gasteiger partial charge in [-0.25, -0.2) is 4.98 Å². The summed E-state index contributed by atoms with van der Waals surface area (Å²) in [5.74, 6) is -0.0596. The van der Waals surface area contributed by atoms with Gasteiger partial charge in [0.15, 0.2) is 0 Å². The lowest BCUT2D eigenvalue weighted by Gasteiger charge is -2.16. The van der Waals surface area contributed by atoms with E-state index in [0.29, 0.717) is 5.92 Å². The number of halogens is 1. The van der Waals surface area contributed by atoms with Crippen LogP contribution in [0.5, 0.6) is 0 Å². The van der Waals surface area contributed by atoms with Crippen molar-refractivity contribution in [3.8, 4) is 0 Å². The van der Waals surface area contributed by atoms with Crippen LogP contribution in [0.15, 0.2) is 18.3 Å². The van der Waals surface area contributed by atoms with Crippen molar-refractivity contribution in [1.29, 1.82) is 0 Å². The lowest BCUT2D eigenvalue weighted by molar-refractivity contribution is -0.148. The summed E-state index contributed by atoms with van der Waals surface area (Å²) in [7, 11) is 0. The summed E-state index contributed by atoms with van der Waals surface area (Å²) in [6.07, 6.45) is 2.51. The predicted octanol–water partition coefficient (Wildman–Crippen LogP) is 2.56. The summed E-state index contributed by atoms with van der Waals surface area (Å²) in [4.78, 5) is 9.35. The predicted molar refractivity (Wildman–Crippen MR) is 59.0 cm³/mol. The first-order valence-electron chi connectivity index (χ1n) is 5.74. The summed E-state index contributed by atoms with van der Waals surface area (Å²) in [6, 6.07) is 3.27. The molecule has 0 radical (unpaired) electrons. The molecular weight excluding hydrogens is 207 g/mol. The van der Waals surface area contributed by atoms with Gasteiger partial charge in [0.05, 0.1) is 0 Å². The quantitative estimate of drug-likeness (QED) is 0.738. The second-order valence-electron chi connectivity index (χ2n) is 4.30. The molecule has 0 aliphatic carbocycles. The molecule has 2 rings (SSSR count). The molecule has 1 aromatic heterocycles. The minimum Gasteiger partial charge on any atom is -0.291 e. The van der Waals surface area contributed by atoms with Crippen molar-refractivity contribution in [1.82, 2.24) is 10.0 Å². The smallest absolute Gasteiger partial charge is 0.213 e. The van der Waals surface area contributed by atoms with Crippen LogP contribution in [0.3, 0.4) is 0 Å². The Morgan fingerprint density at radius 2 is 2.44 bits per heavy atom. The molecule has 0 spiro atoms. The van der Waals surface area contributed by atoms with Gasteiger partial charge in [-0.2, -0.15) is 9.45 Å². The van der Waals surface area contributed by atoms with E-state index in [1.54, 1.807) is 0 Å². The Labute approximate surface area is 95.2 Å². The van der Waals surface area contributed by atoms with Crippen LogP contribution in [-0.4, -0.2) is 23.1 Å². The van der Waals surface area contributed by atoms with Crippen LogP contribution in [0.1, 0.15) is 31.9 Å². The molecule has 16 heavy (non-hydrogen) atoms. The van der Waals surface area contributed by atoms with Gasteiger partial charge in [0, 0.05) is 25.2 Å². The van der Waals surface area contributed by atoms with Gasteiger partial charge in [-0.05, 0) is 24.1 Å². The van der Waals surface area contributed by atoms with Gasteiger partial charge >= 0.3 is 0 Å². The first-order valence-corrected chi connectivity index (χ1v) is 5.74. The zero-order valence-corrected chi connectivity index (χ0v) is 9.69. The van der Waals surface area contributed by atoms with Gasteiger partial charge in [0.1, 0.15) is 6.10 Å². The maximum atomic E-state index is 13.0. The molecule has 4 heteroatoms. The third-order valence-electron chi connectivity index (χ3n) is 2.82. The Balaban J connectivity index is 2.10. The van der Waals surface area contributed by atoms with Crippen molar-refractivity contribution in [2.24, 2.45) is 5.92 Å². The fourth-order valence-corrected chi connectivity index (χ4v) is 2.10. The molecule has 1 aliphatic rings. The van der Waals surface area contributed by atoms with Crippen molar-refractivity contribution >= 4 is 0 Å². The molecule has 0 saturated carbocycles. The number of rotatable bonds is 3. The molecule has 0 N–H and O–H groups in total. The van der Waals surface area contributed by atoms with Gasteiger partial charge in [0.25, 0.3) is 0 Å². The summed E-state index contributed by atoms with van der Waals surface area (Å²) in [5, 5.41) is 1.97. The number of pyridine rings is 1. The Bertz CT molecular complexity index is 359. The fraction of sp³-hybridized carbons (Fsp3) is 0.583. The lowest BCUT2D eigenvalue weighted by Crippen LogP contribution is -2.19. The molecule has 3 nitrogen and oxygen atoms in total. The van der Waals surface area contributed by atoms with Gasteiger partial charge in [-0.15, -0.1) is 0 Å². The van der Waals surface area contributed by atoms with Crippen LogP contribution < -0.4 is 0 Å². The molecule has 0 amide bonds. The first kappa shape index (κ1) is 11.5. The Morgan fingerprint density at radius 3 is 3.12 bits per heavy atom. The normalized spacial score (nSPS) is 26.2. The fourth-order valence-electron chi connectivity index (χ4n) is 2.10. The number of aromatic nitrogens is 1. The van der Waals surface area contributed by atoms with E-state index in [0.717, 1.165) is 25.1 Å². The SMILES string of the molecule is CCCN1C[C@@H](C)[C@H](c2ccnc(F)c2)O1. The Kier molecular flexibility index (Phi) is 3.51. The molecule has 0 unspecified atom stereocenters. The second-order valence-corrected chi connectivity index (χ2v) is 4.30. The Hall–Kier alpha value is -1.00. The van der Waals surface area contributed by atoms with Crippen LogP contribution in [0.4, 0.5) is 4.39 Å². The van der Waals surface area contributed by atoms with Gasteiger partial charge in [-0.3, -0.25) is 4.84 Å². The number of hydrogen-bond acceptors (Lipinski definition) is 3. The maximum absolute atomic E-state index is 13.0. The molecule has 1 aromatic rings. The van der Waals surface area contributed by atoms with Gasteiger partial charge < -0.3 is 0 Å². The van der Waals surface area contributed by atoms with E-state index in [-0.39, 0.29) is 6.10 Å². The van der Waals surface area contributed by atoms with Crippen molar-refractivity contribution in [2.75, 3.05) is 13.1 Å². The summed E-state index contributed by atoms with van der Waals surface area (Å²) < 4.78 is 13.0. The van der Waals surface area contributed by atoms with E-state index in [4.69, 9.17) is 4.84 Å². The van der Waals surface area contributed by atoms with Crippen molar-refractivity contribution in [3.63, 3.8) is 0 Å². The van der Waals surface area contributed by atoms with Crippen LogP contribution in [0, 0.1) is 11.9 Å². The van der Waals surface area contributed by atoms with Crippen molar-refractivity contribution in [3.05, 3.63) is 29.8 Å². The van der Waals surface area contributed by atoms with E-state index in [2.05, 4.69) is 18.8 Å². The summed E-state index contributed by atoms with van der Waals surface area (Å²) >= 11 is 0. The third kappa shape index (κ3) is 2.39. The van der Waals surface area contributed by atoms with E-state index >= 15 is 0 Å². The minimum absolute atomic E-state index is 0.0379. The van der Waals surface area contributed by atoms with E-state index in [1.165, 1.54) is 12.3 Å². The highest BCUT2D eigenvalue weighted by molar-refractivity contribution is 5.15. The first-order chi connectivity index (χ1) is 7.70. The van der Waals surface area contributed by atoms with Crippen molar-refractivity contribution in [2.45, 2.75) is 26.4 Å². The van der Waals surface area contributed by atoms with Crippen LogP contribution in [-0.2, 0) is 4.84 Å². The molecule has 1 saturated heterocycles. The van der Waals surface area contributed by atoms with E-state index in [9.17, 15) is 4.39 Å². The highest BCUT2D eigenvalue weighted by atomic mass is 19.1. The third-order valence-corrected chi connectivity index (χ3v) is 2.82. The Morgan fingerprint density at radius 1 is 1.62 bits per heavy atom. The van der Waals surface area contributed by atoms with Gasteiger partial charge in [-0.1, -0.05) is 13.8 Å². The summed E-state index contributed by atoms with van der Waals surface area (Å²) in [6.45, 7) is 6.07. The molecule has 0 aromatic carbocycles. The van der Waals surface area contributed by atoms with Crippen LogP contribution in [0.25, 0.3) is 0 Å². The monoisotopic (exact) mass is 224 g/mol. The molecule has 2 atom stereocenters. The highest BCUT2D eigenvalue weighted by Gasteiger charge is 2.31. The standard InChI is InChI=1S/C12H17FN2O/c1-3-6-15-8-9(2)12(16-15)10-4-5-14-11(13)7-10/h4-5,7,9,12H,3,6,8H2,1-2H3/t9-,12-/m1/s1. The topological polar surface area (TPSA) is 25.4 Å². The lowest BCUT2D eigenvalue weighted by atomic mass is 9.99. The average molecular weight is 224 g/mol. The molecule has 88 valence electrons. The minimum atomic E-state index is -0.442. The highest BCUT2D eigenvalue weighted by Crippen LogP contribution is 2.33. The number of hydrogen-bond donors (Lipinski definition) is 0. The van der Waals surface area contributed by atoms with Crippen LogP contribution >= 0.6 is 0 Å². The molecule has 0 bridgehead atoms. The number of nitrogens with zero attached hydrogens (tertiary/aromatic N) is 2. The van der Waals surface area contributed by atoms with E-state index < -0.39 is 5.95 Å². The number of hydroxylamine groups is 2. The molecular formula is C12H17FN2O. The largest absolute Gasteiger partial charge is 0.291 e. The second kappa shape index (κ2) is 4.89. The zero-order valence-electron chi connectivity index (χ0n) is 9.69.